The molecule has 4 rings (SSSR count). The van der Waals surface area contributed by atoms with Crippen LogP contribution in [0.5, 0.6) is 11.5 Å². The van der Waals surface area contributed by atoms with E-state index in [9.17, 15) is 59.3 Å². The lowest BCUT2D eigenvalue weighted by Crippen LogP contribution is -2.15. The van der Waals surface area contributed by atoms with Crippen molar-refractivity contribution >= 4 is 70.0 Å². The molecule has 7 N–H and O–H groups in total. The number of hydrogen-bond acceptors (Lipinski definition) is 12. The van der Waals surface area contributed by atoms with Gasteiger partial charge in [0.05, 0.1) is 32.1 Å². The van der Waals surface area contributed by atoms with Crippen LogP contribution in [-0.4, -0.2) is 66.7 Å². The third-order valence-electron chi connectivity index (χ3n) is 5.83. The summed E-state index contributed by atoms with van der Waals surface area (Å²) in [7, 11) is -15.2. The number of aromatic carboxylic acids is 2. The first-order chi connectivity index (χ1) is 20.3. The van der Waals surface area contributed by atoms with E-state index in [2.05, 4.69) is 10.2 Å². The normalized spacial score (nSPS) is 12.4. The Morgan fingerprint density at radius 2 is 1.34 bits per heavy atom. The summed E-state index contributed by atoms with van der Waals surface area (Å²) in [6, 6.07) is 8.50. The van der Waals surface area contributed by atoms with Gasteiger partial charge in [-0.1, -0.05) is 0 Å². The van der Waals surface area contributed by atoms with E-state index < -0.39 is 96.1 Å². The molecule has 0 radical (unpaired) electrons. The molecule has 0 heterocycles. The van der Waals surface area contributed by atoms with Gasteiger partial charge in [-0.3, -0.25) is 13.8 Å². The Morgan fingerprint density at radius 3 is 1.89 bits per heavy atom. The maximum absolute atomic E-state index is 13.2. The van der Waals surface area contributed by atoms with E-state index in [1.807, 2.05) is 4.72 Å². The predicted molar refractivity (Wildman–Crippen MR) is 149 cm³/mol. The van der Waals surface area contributed by atoms with Crippen molar-refractivity contribution in [3.8, 4) is 11.5 Å². The summed E-state index contributed by atoms with van der Waals surface area (Å²) < 4.78 is 96.1. The van der Waals surface area contributed by atoms with Gasteiger partial charge in [0.15, 0.2) is 5.75 Å². The molecule has 17 nitrogen and oxygen atoms in total. The first kappa shape index (κ1) is 31.8. The highest BCUT2D eigenvalue weighted by molar-refractivity contribution is 7.92. The van der Waals surface area contributed by atoms with Crippen molar-refractivity contribution in [2.75, 3.05) is 4.72 Å². The smallest absolute Gasteiger partial charge is 0.339 e. The first-order valence-electron chi connectivity index (χ1n) is 11.4. The molecule has 0 atom stereocenters. The lowest BCUT2D eigenvalue weighted by atomic mass is 10.1. The number of fused-ring (bicyclic) bond motifs is 1. The molecule has 0 fully saturated rings. The first-order valence-corrected chi connectivity index (χ1v) is 15.8. The Kier molecular flexibility index (Phi) is 8.06. The van der Waals surface area contributed by atoms with Crippen LogP contribution in [0.2, 0.25) is 0 Å². The van der Waals surface area contributed by atoms with E-state index in [-0.39, 0.29) is 11.3 Å². The Morgan fingerprint density at radius 1 is 0.705 bits per heavy atom. The summed E-state index contributed by atoms with van der Waals surface area (Å²) in [6.07, 6.45) is 0. The van der Waals surface area contributed by atoms with Gasteiger partial charge in [-0.05, 0) is 66.0 Å². The quantitative estimate of drug-likeness (QED) is 0.0995. The molecule has 230 valence electrons. The Labute approximate surface area is 246 Å². The van der Waals surface area contributed by atoms with Crippen LogP contribution in [0, 0.1) is 0 Å². The molecule has 20 heteroatoms. The molecule has 0 aliphatic carbocycles. The van der Waals surface area contributed by atoms with Crippen molar-refractivity contribution in [2.45, 2.75) is 14.7 Å². The summed E-state index contributed by atoms with van der Waals surface area (Å²) in [6.45, 7) is 0. The van der Waals surface area contributed by atoms with Gasteiger partial charge in [0, 0.05) is 0 Å². The molecule has 0 unspecified atom stereocenters. The summed E-state index contributed by atoms with van der Waals surface area (Å²) in [5, 5.41) is 45.3. The second-order valence-electron chi connectivity index (χ2n) is 8.73. The topological polar surface area (TPSA) is 295 Å². The lowest BCUT2D eigenvalue weighted by Gasteiger charge is -2.16. The number of nitrogens with one attached hydrogen (secondary N) is 1. The number of rotatable bonds is 9. The molecular formula is C24H17N3O14S3. The van der Waals surface area contributed by atoms with Crippen molar-refractivity contribution in [3.63, 3.8) is 0 Å². The standard InChI is InChI=1S/C24H17N3O14S3/c28-18-6-5-14(9-16(18)24(32)33)42(34,35)27-17-10-15(43(36,37)38)7-12-8-19(44(39,40)41)21(22(29)20(12)17)26-25-13-3-1-11(2-4-13)23(30)31/h1-10,27-29H,(H,30,31)(H,32,33)(H,36,37,38)(H,39,40,41). The lowest BCUT2D eigenvalue weighted by molar-refractivity contribution is 0.0684. The van der Waals surface area contributed by atoms with Crippen molar-refractivity contribution in [1.29, 1.82) is 0 Å². The number of nitrogens with zero attached hydrogens (tertiary/aromatic N) is 2. The number of azo groups is 1. The zero-order valence-electron chi connectivity index (χ0n) is 21.3. The number of aromatic hydroxyl groups is 2. The number of sulfonamides is 1. The number of anilines is 1. The molecule has 0 saturated heterocycles. The Balaban J connectivity index is 2.00. The molecule has 0 amide bonds. The van der Waals surface area contributed by atoms with Gasteiger partial charge >= 0.3 is 11.9 Å². The zero-order valence-corrected chi connectivity index (χ0v) is 23.8. The highest BCUT2D eigenvalue weighted by Gasteiger charge is 2.27. The van der Waals surface area contributed by atoms with Crippen molar-refractivity contribution in [1.82, 2.24) is 0 Å². The maximum atomic E-state index is 13.2. The van der Waals surface area contributed by atoms with Crippen LogP contribution < -0.4 is 4.72 Å². The van der Waals surface area contributed by atoms with Crippen molar-refractivity contribution in [3.05, 3.63) is 71.8 Å². The number of benzene rings is 4. The van der Waals surface area contributed by atoms with Gasteiger partial charge in [0.1, 0.15) is 21.9 Å². The van der Waals surface area contributed by atoms with Gasteiger partial charge in [-0.2, -0.15) is 21.9 Å². The van der Waals surface area contributed by atoms with Crippen LogP contribution in [0.25, 0.3) is 10.8 Å². The highest BCUT2D eigenvalue weighted by Crippen LogP contribution is 2.45. The predicted octanol–water partition coefficient (Wildman–Crippen LogP) is 3.36. The number of carboxylic acid groups (broad SMARTS) is 2. The van der Waals surface area contributed by atoms with Gasteiger partial charge in [0.25, 0.3) is 30.3 Å². The second kappa shape index (κ2) is 11.2. The van der Waals surface area contributed by atoms with E-state index in [1.165, 1.54) is 12.1 Å². The van der Waals surface area contributed by atoms with E-state index in [0.29, 0.717) is 24.3 Å². The second-order valence-corrected chi connectivity index (χ2v) is 13.2. The third kappa shape index (κ3) is 6.43. The SMILES string of the molecule is O=C(O)c1ccc(N=Nc2c(S(=O)(=O)O)cc3cc(S(=O)(=O)O)cc(NS(=O)(=O)c4ccc(O)c(C(=O)O)c4)c3c2O)cc1. The average molecular weight is 668 g/mol. The molecule has 44 heavy (non-hydrogen) atoms. The fourth-order valence-electron chi connectivity index (χ4n) is 3.82. The van der Waals surface area contributed by atoms with Crippen molar-refractivity contribution in [2.24, 2.45) is 10.2 Å². The fraction of sp³-hybridized carbons (Fsp3) is 0. The van der Waals surface area contributed by atoms with E-state index in [1.54, 1.807) is 0 Å². The molecule has 4 aromatic carbocycles. The molecule has 4 aromatic rings. The molecule has 0 spiro atoms. The fourth-order valence-corrected chi connectivity index (χ4v) is 6.11. The third-order valence-corrected chi connectivity index (χ3v) is 8.89. The number of phenolic OH excluding ortho intramolecular Hbond substituents is 1. The highest BCUT2D eigenvalue weighted by atomic mass is 32.2. The van der Waals surface area contributed by atoms with E-state index in [0.717, 1.165) is 24.3 Å². The summed E-state index contributed by atoms with van der Waals surface area (Å²) in [5.41, 5.74) is -2.75. The molecular weight excluding hydrogens is 650 g/mol. The minimum Gasteiger partial charge on any atom is -0.507 e. The van der Waals surface area contributed by atoms with Gasteiger partial charge < -0.3 is 20.4 Å². The van der Waals surface area contributed by atoms with Crippen LogP contribution in [0.3, 0.4) is 0 Å². The van der Waals surface area contributed by atoms with Crippen LogP contribution in [0.1, 0.15) is 20.7 Å². The summed E-state index contributed by atoms with van der Waals surface area (Å²) in [5.74, 6) is -4.89. The molecule has 0 aliphatic rings. The Bertz CT molecular complexity index is 2230. The van der Waals surface area contributed by atoms with Crippen LogP contribution in [-0.2, 0) is 30.3 Å². The molecule has 0 saturated carbocycles. The number of carbonyl (C=O) groups is 2. The average Bonchev–Trinajstić information content (AvgIpc) is 2.91. The summed E-state index contributed by atoms with van der Waals surface area (Å²) in [4.78, 5) is 19.6. The van der Waals surface area contributed by atoms with Gasteiger partial charge in [-0.15, -0.1) is 5.11 Å². The summed E-state index contributed by atoms with van der Waals surface area (Å²) >= 11 is 0. The number of carboxylic acids is 2. The number of hydrogen-bond donors (Lipinski definition) is 7. The van der Waals surface area contributed by atoms with Crippen LogP contribution in [0.4, 0.5) is 17.1 Å². The zero-order chi connectivity index (χ0) is 32.8. The molecule has 0 bridgehead atoms. The van der Waals surface area contributed by atoms with Crippen LogP contribution >= 0.6 is 0 Å². The minimum absolute atomic E-state index is 0.0556. The maximum Gasteiger partial charge on any atom is 0.339 e. The Hall–Kier alpha value is -5.15. The van der Waals surface area contributed by atoms with E-state index in [4.69, 9.17) is 5.11 Å². The van der Waals surface area contributed by atoms with E-state index >= 15 is 0 Å². The molecule has 0 aromatic heterocycles. The monoisotopic (exact) mass is 667 g/mol. The largest absolute Gasteiger partial charge is 0.507 e. The van der Waals surface area contributed by atoms with Gasteiger partial charge in [0.2, 0.25) is 0 Å². The number of phenols is 2. The van der Waals surface area contributed by atoms with Crippen molar-refractivity contribution < 1.29 is 64.4 Å². The van der Waals surface area contributed by atoms with Gasteiger partial charge in [-0.25, -0.2) is 18.0 Å². The minimum atomic E-state index is -5.25. The van der Waals surface area contributed by atoms with Crippen LogP contribution in [0.15, 0.2) is 85.6 Å². The molecule has 0 aliphatic heterocycles.